The maximum atomic E-state index is 11.6. The first-order valence-electron chi connectivity index (χ1n) is 6.13. The van der Waals surface area contributed by atoms with Gasteiger partial charge in [-0.1, -0.05) is 17.2 Å². The number of hydrogen-bond donors (Lipinski definition) is 1. The summed E-state index contributed by atoms with van der Waals surface area (Å²) in [6.07, 6.45) is 5.54. The van der Waals surface area contributed by atoms with Gasteiger partial charge in [0.25, 0.3) is 0 Å². The number of ketones is 1. The fraction of sp³-hybridized carbons (Fsp3) is 0.533. The summed E-state index contributed by atoms with van der Waals surface area (Å²) in [7, 11) is 0. The van der Waals surface area contributed by atoms with Gasteiger partial charge in [-0.05, 0) is 57.8 Å². The molecule has 94 valence electrons. The van der Waals surface area contributed by atoms with Crippen molar-refractivity contribution in [2.45, 2.75) is 53.1 Å². The van der Waals surface area contributed by atoms with Crippen molar-refractivity contribution in [1.82, 2.24) is 0 Å². The molecule has 0 unspecified atom stereocenters. The summed E-state index contributed by atoms with van der Waals surface area (Å²) in [6, 6.07) is 0. The van der Waals surface area contributed by atoms with Gasteiger partial charge in [0.1, 0.15) is 0 Å². The van der Waals surface area contributed by atoms with E-state index in [4.69, 9.17) is 0 Å². The summed E-state index contributed by atoms with van der Waals surface area (Å²) in [5.74, 6) is 0.131. The predicted molar refractivity (Wildman–Crippen MR) is 70.8 cm³/mol. The molecule has 1 aliphatic rings. The van der Waals surface area contributed by atoms with Gasteiger partial charge >= 0.3 is 0 Å². The number of aliphatic hydroxyl groups is 1. The lowest BCUT2D eigenvalue weighted by molar-refractivity contribution is -0.115. The van der Waals surface area contributed by atoms with Crippen molar-refractivity contribution in [3.63, 3.8) is 0 Å². The van der Waals surface area contributed by atoms with Gasteiger partial charge in [0.2, 0.25) is 0 Å². The molecule has 1 aliphatic carbocycles. The molecular weight excluding hydrogens is 212 g/mol. The Balaban J connectivity index is 2.76. The monoisotopic (exact) mass is 234 g/mol. The number of hydrogen-bond acceptors (Lipinski definition) is 2. The van der Waals surface area contributed by atoms with Gasteiger partial charge in [0.05, 0.1) is 6.10 Å². The highest BCUT2D eigenvalue weighted by Crippen LogP contribution is 2.25. The molecule has 0 fully saturated rings. The van der Waals surface area contributed by atoms with Crippen LogP contribution in [0.4, 0.5) is 0 Å². The zero-order chi connectivity index (χ0) is 13.0. The molecule has 0 saturated carbocycles. The van der Waals surface area contributed by atoms with Gasteiger partial charge < -0.3 is 5.11 Å². The van der Waals surface area contributed by atoms with Crippen LogP contribution >= 0.6 is 0 Å². The Morgan fingerprint density at radius 1 is 1.47 bits per heavy atom. The molecule has 0 aliphatic heterocycles. The minimum atomic E-state index is -0.570. The minimum Gasteiger partial charge on any atom is -0.385 e. The quantitative estimate of drug-likeness (QED) is 0.760. The van der Waals surface area contributed by atoms with E-state index in [2.05, 4.69) is 19.9 Å². The summed E-state index contributed by atoms with van der Waals surface area (Å²) in [4.78, 5) is 11.6. The van der Waals surface area contributed by atoms with Crippen molar-refractivity contribution < 1.29 is 9.90 Å². The SMILES string of the molecule is CC(C)=CCCC(C)=C1CC(=O)C(C)=C[C@H]1O. The molecule has 0 saturated heterocycles. The molecule has 1 rings (SSSR count). The summed E-state index contributed by atoms with van der Waals surface area (Å²) in [6.45, 7) is 7.93. The number of carbonyl (C=O) groups is 1. The highest BCUT2D eigenvalue weighted by molar-refractivity contribution is 5.98. The number of rotatable bonds is 3. The fourth-order valence-corrected chi connectivity index (χ4v) is 1.99. The highest BCUT2D eigenvalue weighted by Gasteiger charge is 2.22. The second-order valence-electron chi connectivity index (χ2n) is 5.02. The molecule has 2 nitrogen and oxygen atoms in total. The van der Waals surface area contributed by atoms with Gasteiger partial charge in [0.15, 0.2) is 5.78 Å². The van der Waals surface area contributed by atoms with E-state index >= 15 is 0 Å². The maximum absolute atomic E-state index is 11.6. The molecule has 0 bridgehead atoms. The Morgan fingerprint density at radius 3 is 2.71 bits per heavy atom. The smallest absolute Gasteiger partial charge is 0.162 e. The Labute approximate surface area is 104 Å². The average molecular weight is 234 g/mol. The number of aliphatic hydroxyl groups excluding tert-OH is 1. The van der Waals surface area contributed by atoms with E-state index in [9.17, 15) is 9.90 Å². The third-order valence-electron chi connectivity index (χ3n) is 3.18. The molecule has 0 aromatic heterocycles. The van der Waals surface area contributed by atoms with E-state index < -0.39 is 6.10 Å². The Morgan fingerprint density at radius 2 is 2.12 bits per heavy atom. The number of allylic oxidation sites excluding steroid dienone is 4. The molecule has 0 radical (unpaired) electrons. The second kappa shape index (κ2) is 5.97. The summed E-state index contributed by atoms with van der Waals surface area (Å²) in [5, 5.41) is 9.93. The zero-order valence-corrected chi connectivity index (χ0v) is 11.2. The topological polar surface area (TPSA) is 37.3 Å². The Bertz CT molecular complexity index is 393. The maximum Gasteiger partial charge on any atom is 0.162 e. The molecule has 0 aromatic rings. The largest absolute Gasteiger partial charge is 0.385 e. The Kier molecular flexibility index (Phi) is 4.88. The second-order valence-corrected chi connectivity index (χ2v) is 5.02. The normalized spacial score (nSPS) is 23.2. The van der Waals surface area contributed by atoms with Gasteiger partial charge in [-0.15, -0.1) is 0 Å². The van der Waals surface area contributed by atoms with E-state index in [0.29, 0.717) is 12.0 Å². The van der Waals surface area contributed by atoms with E-state index in [1.54, 1.807) is 13.0 Å². The van der Waals surface area contributed by atoms with Crippen molar-refractivity contribution in [2.24, 2.45) is 0 Å². The molecule has 1 N–H and O–H groups in total. The van der Waals surface area contributed by atoms with E-state index in [1.807, 2.05) is 6.92 Å². The lowest BCUT2D eigenvalue weighted by atomic mass is 9.88. The van der Waals surface area contributed by atoms with Crippen molar-refractivity contribution in [2.75, 3.05) is 0 Å². The highest BCUT2D eigenvalue weighted by atomic mass is 16.3. The standard InChI is InChI=1S/C15H22O2/c1-10(2)6-5-7-11(3)13-9-14(16)12(4)8-15(13)17/h6,8,15,17H,5,7,9H2,1-4H3/t15-/m1/s1. The third kappa shape index (κ3) is 3.97. The molecule has 0 spiro atoms. The Hall–Kier alpha value is -1.15. The van der Waals surface area contributed by atoms with Crippen LogP contribution in [0.3, 0.4) is 0 Å². The molecule has 2 heteroatoms. The van der Waals surface area contributed by atoms with E-state index in [1.165, 1.54) is 5.57 Å². The first-order valence-corrected chi connectivity index (χ1v) is 6.13. The molecular formula is C15H22O2. The average Bonchev–Trinajstić information content (AvgIpc) is 2.22. The predicted octanol–water partition coefficient (Wildman–Crippen LogP) is 3.33. The lowest BCUT2D eigenvalue weighted by Gasteiger charge is -2.20. The minimum absolute atomic E-state index is 0.131. The molecule has 0 aromatic carbocycles. The molecule has 0 heterocycles. The number of carbonyl (C=O) groups excluding carboxylic acids is 1. The summed E-state index contributed by atoms with van der Waals surface area (Å²) < 4.78 is 0. The van der Waals surface area contributed by atoms with Gasteiger partial charge in [-0.3, -0.25) is 4.79 Å². The van der Waals surface area contributed by atoms with Crippen LogP contribution in [0.25, 0.3) is 0 Å². The van der Waals surface area contributed by atoms with Crippen LogP contribution < -0.4 is 0 Å². The lowest BCUT2D eigenvalue weighted by Crippen LogP contribution is -2.20. The van der Waals surface area contributed by atoms with Crippen LogP contribution in [0.2, 0.25) is 0 Å². The zero-order valence-electron chi connectivity index (χ0n) is 11.2. The summed E-state index contributed by atoms with van der Waals surface area (Å²) >= 11 is 0. The fourth-order valence-electron chi connectivity index (χ4n) is 1.99. The first kappa shape index (κ1) is 13.9. The van der Waals surface area contributed by atoms with Gasteiger partial charge in [-0.2, -0.15) is 0 Å². The van der Waals surface area contributed by atoms with Gasteiger partial charge in [-0.25, -0.2) is 0 Å². The first-order chi connectivity index (χ1) is 7.91. The van der Waals surface area contributed by atoms with E-state index in [0.717, 1.165) is 24.0 Å². The third-order valence-corrected chi connectivity index (χ3v) is 3.18. The van der Waals surface area contributed by atoms with Crippen LogP contribution in [0.1, 0.15) is 47.0 Å². The van der Waals surface area contributed by atoms with E-state index in [-0.39, 0.29) is 5.78 Å². The van der Waals surface area contributed by atoms with Crippen LogP contribution in [0.5, 0.6) is 0 Å². The van der Waals surface area contributed by atoms with Crippen LogP contribution in [0.15, 0.2) is 34.4 Å². The molecule has 1 atom stereocenters. The van der Waals surface area contributed by atoms with Crippen molar-refractivity contribution >= 4 is 5.78 Å². The van der Waals surface area contributed by atoms with Crippen LogP contribution in [-0.2, 0) is 4.79 Å². The molecule has 17 heavy (non-hydrogen) atoms. The van der Waals surface area contributed by atoms with Crippen molar-refractivity contribution in [3.05, 3.63) is 34.4 Å². The van der Waals surface area contributed by atoms with Crippen molar-refractivity contribution in [1.29, 1.82) is 0 Å². The van der Waals surface area contributed by atoms with Gasteiger partial charge in [0, 0.05) is 6.42 Å². The van der Waals surface area contributed by atoms with Crippen LogP contribution in [0, 0.1) is 0 Å². The molecule has 0 amide bonds. The number of Topliss-reactive ketones (excluding diaryl/α,β-unsaturated/α-hetero) is 1. The van der Waals surface area contributed by atoms with Crippen LogP contribution in [-0.4, -0.2) is 17.0 Å². The van der Waals surface area contributed by atoms with Crippen molar-refractivity contribution in [3.8, 4) is 0 Å². The summed E-state index contributed by atoms with van der Waals surface area (Å²) in [5.41, 5.74) is 4.02.